The van der Waals surface area contributed by atoms with Gasteiger partial charge in [-0.25, -0.2) is 8.42 Å². The number of amides is 2. The van der Waals surface area contributed by atoms with Gasteiger partial charge in [-0.3, -0.25) is 19.3 Å². The molecular weight excluding hydrogens is 444 g/mol. The molecule has 10 heteroatoms. The highest BCUT2D eigenvalue weighted by Crippen LogP contribution is 2.23. The molecule has 1 heterocycles. The van der Waals surface area contributed by atoms with Crippen LogP contribution in [0.4, 0.5) is 5.69 Å². The lowest BCUT2D eigenvalue weighted by Gasteiger charge is -2.14. The van der Waals surface area contributed by atoms with E-state index >= 15 is 0 Å². The molecule has 1 aliphatic rings. The molecule has 0 aliphatic carbocycles. The number of benzene rings is 2. The Balaban J connectivity index is 1.65. The number of nitrogens with one attached hydrogen (secondary N) is 3. The fourth-order valence-electron chi connectivity index (χ4n) is 3.33. The normalized spacial score (nSPS) is 15.9. The van der Waals surface area contributed by atoms with Crippen molar-refractivity contribution in [3.63, 3.8) is 0 Å². The Kier molecular flexibility index (Phi) is 8.05. The number of carbonyl (C=O) groups excluding carboxylic acids is 2. The van der Waals surface area contributed by atoms with Crippen molar-refractivity contribution in [2.75, 3.05) is 18.5 Å². The number of carbonyl (C=O) groups is 2. The molecule has 1 atom stereocenters. The van der Waals surface area contributed by atoms with Crippen LogP contribution in [0.3, 0.4) is 0 Å². The van der Waals surface area contributed by atoms with Gasteiger partial charge < -0.3 is 15.4 Å². The number of sulfonamides is 1. The fraction of sp³-hybridized carbons (Fsp3) is 0.348. The summed E-state index contributed by atoms with van der Waals surface area (Å²) < 4.78 is 32.4. The molecule has 3 N–H and O–H groups in total. The van der Waals surface area contributed by atoms with Crippen LogP contribution in [-0.2, 0) is 19.6 Å². The number of anilines is 1. The molecule has 2 aromatic rings. The number of unbranched alkanes of at least 4 members (excludes halogenated alkanes) is 1. The van der Waals surface area contributed by atoms with Crippen molar-refractivity contribution < 1.29 is 22.7 Å². The topological polar surface area (TPSA) is 126 Å². The van der Waals surface area contributed by atoms with E-state index in [1.807, 2.05) is 13.8 Å². The molecule has 0 radical (unpaired) electrons. The predicted octanol–water partition coefficient (Wildman–Crippen LogP) is 2.44. The average Bonchev–Trinajstić information content (AvgIpc) is 3.06. The maximum Gasteiger partial charge on any atom is 0.263 e. The Morgan fingerprint density at radius 1 is 1.09 bits per heavy atom. The molecule has 0 fully saturated rings. The summed E-state index contributed by atoms with van der Waals surface area (Å²) in [6, 6.07) is 12.6. The minimum absolute atomic E-state index is 0.133. The third-order valence-electron chi connectivity index (χ3n) is 4.95. The fourth-order valence-corrected chi connectivity index (χ4v) is 4.57. The van der Waals surface area contributed by atoms with Crippen LogP contribution in [-0.4, -0.2) is 45.3 Å². The monoisotopic (exact) mass is 472 g/mol. The van der Waals surface area contributed by atoms with Gasteiger partial charge in [0.1, 0.15) is 17.6 Å². The summed E-state index contributed by atoms with van der Waals surface area (Å²) in [4.78, 5) is 29.6. The molecular formula is C23H28N4O5S. The van der Waals surface area contributed by atoms with Crippen molar-refractivity contribution in [1.82, 2.24) is 10.0 Å². The number of aliphatic imine (C=N–C) groups is 1. The van der Waals surface area contributed by atoms with Crippen molar-refractivity contribution in [2.45, 2.75) is 44.0 Å². The van der Waals surface area contributed by atoms with Gasteiger partial charge in [0.05, 0.1) is 18.0 Å². The van der Waals surface area contributed by atoms with E-state index in [4.69, 9.17) is 4.74 Å². The zero-order valence-corrected chi connectivity index (χ0v) is 19.4. The van der Waals surface area contributed by atoms with Gasteiger partial charge in [0.2, 0.25) is 11.8 Å². The second-order valence-electron chi connectivity index (χ2n) is 7.46. The second-order valence-corrected chi connectivity index (χ2v) is 9.11. The number of nitrogens with zero attached hydrogens (tertiary/aromatic N) is 1. The first-order valence-corrected chi connectivity index (χ1v) is 12.3. The second kappa shape index (κ2) is 11.0. The molecule has 33 heavy (non-hydrogen) atoms. The van der Waals surface area contributed by atoms with E-state index in [2.05, 4.69) is 20.3 Å². The lowest BCUT2D eigenvalue weighted by Crippen LogP contribution is -2.39. The largest absolute Gasteiger partial charge is 0.494 e. The van der Waals surface area contributed by atoms with Gasteiger partial charge in [-0.2, -0.15) is 0 Å². The lowest BCUT2D eigenvalue weighted by molar-refractivity contribution is -0.125. The quantitative estimate of drug-likeness (QED) is 0.490. The van der Waals surface area contributed by atoms with E-state index < -0.39 is 22.0 Å². The van der Waals surface area contributed by atoms with Crippen LogP contribution in [0.15, 0.2) is 58.4 Å². The number of rotatable bonds is 10. The van der Waals surface area contributed by atoms with Crippen molar-refractivity contribution in [3.8, 4) is 5.75 Å². The molecule has 1 unspecified atom stereocenters. The minimum Gasteiger partial charge on any atom is -0.494 e. The number of amidine groups is 1. The summed E-state index contributed by atoms with van der Waals surface area (Å²) in [7, 11) is -3.70. The number of hydrogen-bond acceptors (Lipinski definition) is 6. The average molecular weight is 473 g/mol. The first-order valence-electron chi connectivity index (χ1n) is 10.8. The number of hydrogen-bond donors (Lipinski definition) is 3. The minimum atomic E-state index is -3.70. The van der Waals surface area contributed by atoms with Crippen LogP contribution in [0, 0.1) is 0 Å². The Hall–Kier alpha value is -3.40. The third-order valence-corrected chi connectivity index (χ3v) is 6.35. The lowest BCUT2D eigenvalue weighted by atomic mass is 10.1. The predicted molar refractivity (Wildman–Crippen MR) is 126 cm³/mol. The summed E-state index contributed by atoms with van der Waals surface area (Å²) >= 11 is 0. The van der Waals surface area contributed by atoms with Crippen LogP contribution in [0.5, 0.6) is 5.75 Å². The molecule has 1 aliphatic heterocycles. The molecule has 2 amide bonds. The van der Waals surface area contributed by atoms with E-state index in [1.165, 1.54) is 6.07 Å². The van der Waals surface area contributed by atoms with E-state index in [9.17, 15) is 18.0 Å². The van der Waals surface area contributed by atoms with E-state index in [1.54, 1.807) is 42.5 Å². The smallest absolute Gasteiger partial charge is 0.263 e. The Bertz CT molecular complexity index is 1130. The molecule has 0 aromatic heterocycles. The van der Waals surface area contributed by atoms with E-state index in [-0.39, 0.29) is 23.2 Å². The van der Waals surface area contributed by atoms with Crippen molar-refractivity contribution >= 4 is 33.4 Å². The van der Waals surface area contributed by atoms with Gasteiger partial charge in [-0.15, -0.1) is 0 Å². The van der Waals surface area contributed by atoms with Crippen LogP contribution < -0.4 is 20.1 Å². The summed E-state index contributed by atoms with van der Waals surface area (Å²) in [5.74, 6) is 0.00849. The van der Waals surface area contributed by atoms with Crippen LogP contribution in [0.1, 0.15) is 38.7 Å². The maximum absolute atomic E-state index is 12.8. The van der Waals surface area contributed by atoms with Gasteiger partial charge in [0.15, 0.2) is 0 Å². The SMILES string of the molecule is CCCCC(N=C1NS(=O)(=O)c2ccccc21)C(=O)NCC(=O)Nc1ccc(OCC)cc1. The molecule has 3 rings (SSSR count). The van der Waals surface area contributed by atoms with Gasteiger partial charge in [0, 0.05) is 11.3 Å². The molecule has 176 valence electrons. The Labute approximate surface area is 193 Å². The summed E-state index contributed by atoms with van der Waals surface area (Å²) in [6.45, 7) is 4.19. The van der Waals surface area contributed by atoms with Crippen LogP contribution >= 0.6 is 0 Å². The zero-order chi connectivity index (χ0) is 23.8. The van der Waals surface area contributed by atoms with Gasteiger partial charge in [0.25, 0.3) is 10.0 Å². The molecule has 0 saturated carbocycles. The number of ether oxygens (including phenoxy) is 1. The van der Waals surface area contributed by atoms with Gasteiger partial charge in [-0.1, -0.05) is 31.9 Å². The first kappa shape index (κ1) is 24.2. The summed E-state index contributed by atoms with van der Waals surface area (Å²) in [6.07, 6.45) is 1.99. The first-order chi connectivity index (χ1) is 15.8. The molecule has 0 saturated heterocycles. The standard InChI is InChI=1S/C23H28N4O5S/c1-3-5-9-19(26-22-18-8-6-7-10-20(18)33(30,31)27-22)23(29)24-15-21(28)25-16-11-13-17(14-12-16)32-4-2/h6-8,10-14,19H,3-5,9,15H2,1-2H3,(H,24,29)(H,25,28)(H,26,27). The zero-order valence-electron chi connectivity index (χ0n) is 18.6. The van der Waals surface area contributed by atoms with Gasteiger partial charge in [-0.05, 0) is 49.7 Å². The van der Waals surface area contributed by atoms with Crippen LogP contribution in [0.25, 0.3) is 0 Å². The summed E-state index contributed by atoms with van der Waals surface area (Å²) in [5, 5.41) is 5.31. The Morgan fingerprint density at radius 2 is 1.82 bits per heavy atom. The van der Waals surface area contributed by atoms with Crippen molar-refractivity contribution in [1.29, 1.82) is 0 Å². The van der Waals surface area contributed by atoms with Crippen molar-refractivity contribution in [3.05, 3.63) is 54.1 Å². The third kappa shape index (κ3) is 6.32. The van der Waals surface area contributed by atoms with Crippen LogP contribution in [0.2, 0.25) is 0 Å². The highest BCUT2D eigenvalue weighted by atomic mass is 32.2. The van der Waals surface area contributed by atoms with Gasteiger partial charge >= 0.3 is 0 Å². The molecule has 2 aromatic carbocycles. The maximum atomic E-state index is 12.8. The molecule has 0 spiro atoms. The van der Waals surface area contributed by atoms with E-state index in [0.29, 0.717) is 30.0 Å². The van der Waals surface area contributed by atoms with Crippen molar-refractivity contribution in [2.24, 2.45) is 4.99 Å². The highest BCUT2D eigenvalue weighted by molar-refractivity contribution is 7.90. The molecule has 9 nitrogen and oxygen atoms in total. The summed E-state index contributed by atoms with van der Waals surface area (Å²) in [5.41, 5.74) is 1.01. The highest BCUT2D eigenvalue weighted by Gasteiger charge is 2.31. The number of fused-ring (bicyclic) bond motifs is 1. The molecule has 0 bridgehead atoms. The van der Waals surface area contributed by atoms with E-state index in [0.717, 1.165) is 12.8 Å². The Morgan fingerprint density at radius 3 is 2.52 bits per heavy atom.